The molecule has 0 bridgehead atoms. The molecule has 134 valence electrons. The maximum absolute atomic E-state index is 12.1. The van der Waals surface area contributed by atoms with E-state index in [0.717, 1.165) is 24.6 Å². The van der Waals surface area contributed by atoms with Crippen molar-refractivity contribution in [3.63, 3.8) is 0 Å². The van der Waals surface area contributed by atoms with Gasteiger partial charge in [0.05, 0.1) is 0 Å². The first-order valence-electron chi connectivity index (χ1n) is 8.40. The predicted molar refractivity (Wildman–Crippen MR) is 110 cm³/mol. The lowest BCUT2D eigenvalue weighted by atomic mass is 10.0. The van der Waals surface area contributed by atoms with Crippen LogP contribution in [0.4, 0.5) is 0 Å². The van der Waals surface area contributed by atoms with E-state index in [0.29, 0.717) is 24.6 Å². The van der Waals surface area contributed by atoms with Crippen LogP contribution in [0.25, 0.3) is 0 Å². The van der Waals surface area contributed by atoms with E-state index in [2.05, 4.69) is 27.4 Å². The van der Waals surface area contributed by atoms with Crippen molar-refractivity contribution in [3.8, 4) is 0 Å². The Morgan fingerprint density at radius 3 is 2.75 bits per heavy atom. The van der Waals surface area contributed by atoms with E-state index >= 15 is 0 Å². The van der Waals surface area contributed by atoms with Gasteiger partial charge in [0.2, 0.25) is 0 Å². The second-order valence-corrected chi connectivity index (χ2v) is 6.29. The van der Waals surface area contributed by atoms with E-state index < -0.39 is 0 Å². The average molecular weight is 444 g/mol. The predicted octanol–water partition coefficient (Wildman–Crippen LogP) is 2.65. The number of amides is 1. The molecule has 24 heavy (non-hydrogen) atoms. The van der Waals surface area contributed by atoms with Crippen LogP contribution in [0.2, 0.25) is 0 Å². The number of carbonyl (C=O) groups excluding carboxylic acids is 1. The lowest BCUT2D eigenvalue weighted by Crippen LogP contribution is -2.47. The van der Waals surface area contributed by atoms with Gasteiger partial charge in [0.1, 0.15) is 0 Å². The molecular weight excluding hydrogens is 415 g/mol. The molecule has 1 unspecified atom stereocenters. The van der Waals surface area contributed by atoms with Crippen LogP contribution in [0.5, 0.6) is 0 Å². The van der Waals surface area contributed by atoms with Gasteiger partial charge in [-0.1, -0.05) is 24.6 Å². The van der Waals surface area contributed by atoms with Crippen LogP contribution in [0.15, 0.2) is 29.3 Å². The number of benzene rings is 1. The Morgan fingerprint density at radius 2 is 2.08 bits per heavy atom. The van der Waals surface area contributed by atoms with Crippen molar-refractivity contribution in [1.82, 2.24) is 15.5 Å². The molecule has 1 fully saturated rings. The van der Waals surface area contributed by atoms with E-state index in [1.165, 1.54) is 12.8 Å². The molecule has 0 aliphatic carbocycles. The van der Waals surface area contributed by atoms with Crippen molar-refractivity contribution in [2.75, 3.05) is 33.2 Å². The summed E-state index contributed by atoms with van der Waals surface area (Å²) in [6, 6.07) is 7.63. The molecule has 5 nitrogen and oxygen atoms in total. The smallest absolute Gasteiger partial charge is 0.251 e. The van der Waals surface area contributed by atoms with Crippen LogP contribution >= 0.6 is 24.0 Å². The fourth-order valence-electron chi connectivity index (χ4n) is 2.95. The molecule has 0 radical (unpaired) electrons. The molecule has 0 spiro atoms. The number of guanidine groups is 1. The number of likely N-dealkylation sites (tertiary alicyclic amines) is 1. The van der Waals surface area contributed by atoms with Gasteiger partial charge in [0.15, 0.2) is 5.96 Å². The van der Waals surface area contributed by atoms with Crippen molar-refractivity contribution < 1.29 is 4.79 Å². The molecule has 1 heterocycles. The van der Waals surface area contributed by atoms with E-state index in [-0.39, 0.29) is 29.9 Å². The maximum atomic E-state index is 12.1. The number of carbonyl (C=O) groups is 1. The summed E-state index contributed by atoms with van der Waals surface area (Å²) in [5, 5.41) is 6.28. The number of aliphatic imine (C=N–C) groups is 1. The molecule has 0 aromatic heterocycles. The number of halogens is 1. The van der Waals surface area contributed by atoms with Gasteiger partial charge in [-0.15, -0.1) is 24.0 Å². The minimum Gasteiger partial charge on any atom is -0.354 e. The molecule has 1 aliphatic rings. The van der Waals surface area contributed by atoms with Gasteiger partial charge in [-0.3, -0.25) is 9.79 Å². The second-order valence-electron chi connectivity index (χ2n) is 6.29. The molecule has 1 aliphatic heterocycles. The van der Waals surface area contributed by atoms with Crippen LogP contribution in [0.1, 0.15) is 35.7 Å². The Kier molecular flexibility index (Phi) is 9.10. The second kappa shape index (κ2) is 10.5. The van der Waals surface area contributed by atoms with Crippen molar-refractivity contribution in [1.29, 1.82) is 0 Å². The highest BCUT2D eigenvalue weighted by Crippen LogP contribution is 2.15. The zero-order valence-corrected chi connectivity index (χ0v) is 17.2. The highest BCUT2D eigenvalue weighted by atomic mass is 127. The normalized spacial score (nSPS) is 17.9. The fourth-order valence-corrected chi connectivity index (χ4v) is 2.95. The maximum Gasteiger partial charge on any atom is 0.251 e. The average Bonchev–Trinajstić information content (AvgIpc) is 2.54. The monoisotopic (exact) mass is 444 g/mol. The minimum absolute atomic E-state index is 0. The quantitative estimate of drug-likeness (QED) is 0.325. The molecular formula is C18H29IN4O. The van der Waals surface area contributed by atoms with Crippen molar-refractivity contribution >= 4 is 35.8 Å². The largest absolute Gasteiger partial charge is 0.354 e. The topological polar surface area (TPSA) is 56.7 Å². The summed E-state index contributed by atoms with van der Waals surface area (Å²) < 4.78 is 0. The summed E-state index contributed by atoms with van der Waals surface area (Å²) in [4.78, 5) is 18.7. The Balaban J connectivity index is 0.00000288. The van der Waals surface area contributed by atoms with E-state index in [4.69, 9.17) is 0 Å². The van der Waals surface area contributed by atoms with Gasteiger partial charge < -0.3 is 15.5 Å². The van der Waals surface area contributed by atoms with Gasteiger partial charge in [0, 0.05) is 38.8 Å². The van der Waals surface area contributed by atoms with Crippen LogP contribution in [0.3, 0.4) is 0 Å². The van der Waals surface area contributed by atoms with Crippen LogP contribution in [0, 0.1) is 12.8 Å². The minimum atomic E-state index is -0.0305. The molecule has 1 atom stereocenters. The first kappa shape index (κ1) is 20.7. The van der Waals surface area contributed by atoms with Gasteiger partial charge >= 0.3 is 0 Å². The van der Waals surface area contributed by atoms with Crippen LogP contribution in [-0.2, 0) is 0 Å². The summed E-state index contributed by atoms with van der Waals surface area (Å²) in [5.74, 6) is 1.61. The summed E-state index contributed by atoms with van der Waals surface area (Å²) in [5.41, 5.74) is 1.80. The summed E-state index contributed by atoms with van der Waals surface area (Å²) in [6.45, 7) is 7.63. The number of hydrogen-bond acceptors (Lipinski definition) is 2. The number of hydrogen-bond donors (Lipinski definition) is 2. The zero-order valence-electron chi connectivity index (χ0n) is 14.8. The molecule has 2 N–H and O–H groups in total. The van der Waals surface area contributed by atoms with Gasteiger partial charge in [-0.2, -0.15) is 0 Å². The number of aryl methyl sites for hydroxylation is 1. The summed E-state index contributed by atoms with van der Waals surface area (Å²) in [6.07, 6.45) is 2.51. The third-order valence-electron chi connectivity index (χ3n) is 4.14. The number of nitrogens with zero attached hydrogens (tertiary/aromatic N) is 2. The number of rotatable bonds is 4. The molecule has 1 saturated heterocycles. The standard InChI is InChI=1S/C18H28N4O.HI/c1-14-6-4-8-16(12-14)17(23)20-9-10-21-18(19-3)22-11-5-7-15(2)13-22;/h4,6,8,12,15H,5,7,9-11,13H2,1-3H3,(H,19,21)(H,20,23);1H. The molecule has 1 aromatic carbocycles. The molecule has 1 amide bonds. The van der Waals surface area contributed by atoms with Crippen molar-refractivity contribution in [3.05, 3.63) is 35.4 Å². The van der Waals surface area contributed by atoms with E-state index in [1.807, 2.05) is 38.2 Å². The SMILES string of the molecule is CN=C(NCCNC(=O)c1cccc(C)c1)N1CCCC(C)C1.I. The molecule has 6 heteroatoms. The highest BCUT2D eigenvalue weighted by molar-refractivity contribution is 14.0. The third kappa shape index (κ3) is 6.30. The Bertz CT molecular complexity index is 562. The van der Waals surface area contributed by atoms with E-state index in [9.17, 15) is 4.79 Å². The zero-order chi connectivity index (χ0) is 16.7. The third-order valence-corrected chi connectivity index (χ3v) is 4.14. The van der Waals surface area contributed by atoms with Gasteiger partial charge in [-0.25, -0.2) is 0 Å². The summed E-state index contributed by atoms with van der Waals surface area (Å²) >= 11 is 0. The first-order chi connectivity index (χ1) is 11.1. The lowest BCUT2D eigenvalue weighted by molar-refractivity contribution is 0.0954. The van der Waals surface area contributed by atoms with E-state index in [1.54, 1.807) is 0 Å². The van der Waals surface area contributed by atoms with Crippen LogP contribution in [-0.4, -0.2) is 50.0 Å². The Labute approximate surface area is 162 Å². The van der Waals surface area contributed by atoms with Gasteiger partial charge in [0.25, 0.3) is 5.91 Å². The van der Waals surface area contributed by atoms with Crippen molar-refractivity contribution in [2.24, 2.45) is 10.9 Å². The number of piperidine rings is 1. The molecule has 1 aromatic rings. The van der Waals surface area contributed by atoms with Crippen LogP contribution < -0.4 is 10.6 Å². The fraction of sp³-hybridized carbons (Fsp3) is 0.556. The number of nitrogens with one attached hydrogen (secondary N) is 2. The van der Waals surface area contributed by atoms with Crippen molar-refractivity contribution in [2.45, 2.75) is 26.7 Å². The lowest BCUT2D eigenvalue weighted by Gasteiger charge is -2.33. The first-order valence-corrected chi connectivity index (χ1v) is 8.40. The van der Waals surface area contributed by atoms with Gasteiger partial charge in [-0.05, 0) is 37.8 Å². The Morgan fingerprint density at radius 1 is 1.33 bits per heavy atom. The highest BCUT2D eigenvalue weighted by Gasteiger charge is 2.18. The summed E-state index contributed by atoms with van der Waals surface area (Å²) in [7, 11) is 1.81. The molecule has 2 rings (SSSR count). The molecule has 0 saturated carbocycles. The Hall–Kier alpha value is -1.31.